The number of rotatable bonds is 6. The number of nitrogens with one attached hydrogen (secondary N) is 1. The summed E-state index contributed by atoms with van der Waals surface area (Å²) in [7, 11) is 0. The van der Waals surface area contributed by atoms with Crippen LogP contribution in [0.15, 0.2) is 48.7 Å². The van der Waals surface area contributed by atoms with Crippen LogP contribution in [0.4, 0.5) is 13.2 Å². The lowest BCUT2D eigenvalue weighted by Crippen LogP contribution is -2.49. The summed E-state index contributed by atoms with van der Waals surface area (Å²) in [6.07, 6.45) is -3.19. The van der Waals surface area contributed by atoms with Gasteiger partial charge in [-0.25, -0.2) is 9.97 Å². The average molecular weight is 539 g/mol. The second-order valence-corrected chi connectivity index (χ2v) is 8.94. The summed E-state index contributed by atoms with van der Waals surface area (Å²) < 4.78 is 39.1. The van der Waals surface area contributed by atoms with E-state index in [-0.39, 0.29) is 22.4 Å². The molecule has 0 fully saturated rings. The zero-order valence-corrected chi connectivity index (χ0v) is 20.2. The highest BCUT2D eigenvalue weighted by atomic mass is 35.5. The largest absolute Gasteiger partial charge is 0.416 e. The van der Waals surface area contributed by atoms with E-state index >= 15 is 0 Å². The zero-order chi connectivity index (χ0) is 26.2. The van der Waals surface area contributed by atoms with Crippen LogP contribution >= 0.6 is 23.2 Å². The van der Waals surface area contributed by atoms with Gasteiger partial charge in [0.25, 0.3) is 5.91 Å². The fourth-order valence-corrected chi connectivity index (χ4v) is 4.30. The number of halogens is 5. The minimum Gasteiger partial charge on any atom is -0.394 e. The van der Waals surface area contributed by atoms with Crippen LogP contribution in [0.5, 0.6) is 0 Å². The molecule has 188 valence electrons. The summed E-state index contributed by atoms with van der Waals surface area (Å²) in [6.45, 7) is 0.898. The number of aliphatic hydroxyl groups is 1. The molecule has 0 spiro atoms. The van der Waals surface area contributed by atoms with Crippen molar-refractivity contribution in [1.82, 2.24) is 20.2 Å². The number of aromatic nitrogens is 2. The maximum atomic E-state index is 13.2. The van der Waals surface area contributed by atoms with E-state index in [4.69, 9.17) is 23.2 Å². The highest BCUT2D eigenvalue weighted by molar-refractivity contribution is 6.33. The van der Waals surface area contributed by atoms with E-state index in [0.717, 1.165) is 12.1 Å². The number of alkyl halides is 3. The quantitative estimate of drug-likeness (QED) is 0.445. The predicted octanol–water partition coefficient (Wildman–Crippen LogP) is 4.66. The molecule has 1 aliphatic rings. The lowest BCUT2D eigenvalue weighted by Gasteiger charge is -2.27. The number of fused-ring (bicyclic) bond motifs is 1. The Kier molecular flexibility index (Phi) is 7.21. The van der Waals surface area contributed by atoms with Gasteiger partial charge in [0, 0.05) is 17.7 Å². The SMILES string of the molecule is C[C@@H](NC(=O)[C@@H](CO)N1Cc2ccc(-c3nc(Cl)ncc3Cl)cc2C1=O)c1cccc(C(F)(F)F)c1. The van der Waals surface area contributed by atoms with Crippen LogP contribution in [0, 0.1) is 0 Å². The van der Waals surface area contributed by atoms with Gasteiger partial charge in [0.1, 0.15) is 6.04 Å². The lowest BCUT2D eigenvalue weighted by atomic mass is 10.0. The van der Waals surface area contributed by atoms with Crippen molar-refractivity contribution in [2.24, 2.45) is 0 Å². The summed E-state index contributed by atoms with van der Waals surface area (Å²) >= 11 is 12.0. The molecule has 36 heavy (non-hydrogen) atoms. The Balaban J connectivity index is 1.53. The number of amides is 2. The molecule has 0 saturated carbocycles. The van der Waals surface area contributed by atoms with Crippen LogP contribution in [-0.2, 0) is 17.5 Å². The first-order valence-corrected chi connectivity index (χ1v) is 11.5. The maximum absolute atomic E-state index is 13.2. The van der Waals surface area contributed by atoms with Gasteiger partial charge in [-0.05, 0) is 47.9 Å². The van der Waals surface area contributed by atoms with E-state index in [9.17, 15) is 27.9 Å². The summed E-state index contributed by atoms with van der Waals surface area (Å²) in [5.41, 5.74) is 1.16. The first-order valence-electron chi connectivity index (χ1n) is 10.7. The van der Waals surface area contributed by atoms with Crippen molar-refractivity contribution < 1.29 is 27.9 Å². The maximum Gasteiger partial charge on any atom is 0.416 e. The molecule has 2 atom stereocenters. The van der Waals surface area contributed by atoms with E-state index in [1.807, 2.05) is 0 Å². The minimum atomic E-state index is -4.53. The van der Waals surface area contributed by atoms with E-state index in [0.29, 0.717) is 22.4 Å². The molecule has 12 heteroatoms. The normalized spacial score (nSPS) is 15.0. The topological polar surface area (TPSA) is 95.4 Å². The number of hydrogen-bond donors (Lipinski definition) is 2. The number of benzene rings is 2. The van der Waals surface area contributed by atoms with Gasteiger partial charge in [0.15, 0.2) is 0 Å². The smallest absolute Gasteiger partial charge is 0.394 e. The number of carbonyl (C=O) groups is 2. The van der Waals surface area contributed by atoms with Crippen LogP contribution in [0.25, 0.3) is 11.3 Å². The molecule has 0 radical (unpaired) electrons. The van der Waals surface area contributed by atoms with E-state index in [1.165, 1.54) is 30.2 Å². The Labute approximate surface area is 213 Å². The van der Waals surface area contributed by atoms with Crippen LogP contribution in [0.1, 0.15) is 40.0 Å². The average Bonchev–Trinajstić information content (AvgIpc) is 3.16. The third-order valence-electron chi connectivity index (χ3n) is 5.85. The fourth-order valence-electron chi connectivity index (χ4n) is 3.97. The van der Waals surface area contributed by atoms with Crippen molar-refractivity contribution in [3.05, 3.63) is 81.2 Å². The third kappa shape index (κ3) is 5.16. The molecule has 3 aromatic rings. The molecule has 0 bridgehead atoms. The second kappa shape index (κ2) is 10.0. The van der Waals surface area contributed by atoms with E-state index in [1.54, 1.807) is 18.2 Å². The molecule has 7 nitrogen and oxygen atoms in total. The van der Waals surface area contributed by atoms with Crippen molar-refractivity contribution >= 4 is 35.0 Å². The van der Waals surface area contributed by atoms with Crippen LogP contribution in [-0.4, -0.2) is 44.4 Å². The van der Waals surface area contributed by atoms with Gasteiger partial charge < -0.3 is 15.3 Å². The van der Waals surface area contributed by atoms with Gasteiger partial charge in [-0.15, -0.1) is 0 Å². The van der Waals surface area contributed by atoms with Crippen molar-refractivity contribution in [2.45, 2.75) is 31.7 Å². The first-order chi connectivity index (χ1) is 17.0. The molecule has 2 N–H and O–H groups in total. The second-order valence-electron chi connectivity index (χ2n) is 8.19. The van der Waals surface area contributed by atoms with Crippen LogP contribution in [0.2, 0.25) is 10.3 Å². The van der Waals surface area contributed by atoms with Crippen LogP contribution in [0.3, 0.4) is 0 Å². The number of carbonyl (C=O) groups excluding carboxylic acids is 2. The number of aliphatic hydroxyl groups excluding tert-OH is 1. The summed E-state index contributed by atoms with van der Waals surface area (Å²) in [4.78, 5) is 35.2. The molecule has 1 aromatic heterocycles. The Hall–Kier alpha value is -3.21. The standard InChI is InChI=1S/C24H19Cl2F3N4O3/c1-12(13-3-2-4-16(7-13)24(27,28)29)31-21(35)19(11-34)33-10-15-6-5-14(8-17(15)22(33)36)20-18(25)9-30-23(26)32-20/h2-9,12,19,34H,10-11H2,1H3,(H,31,35)/t12-,19-/m1/s1. The van der Waals surface area contributed by atoms with Crippen molar-refractivity contribution in [2.75, 3.05) is 6.61 Å². The van der Waals surface area contributed by atoms with Gasteiger partial charge in [0.05, 0.1) is 35.1 Å². The lowest BCUT2D eigenvalue weighted by molar-refractivity contribution is -0.137. The van der Waals surface area contributed by atoms with Gasteiger partial charge in [-0.3, -0.25) is 9.59 Å². The molecule has 2 aromatic carbocycles. The first kappa shape index (κ1) is 25.9. The molecule has 0 saturated heterocycles. The Morgan fingerprint density at radius 3 is 2.67 bits per heavy atom. The summed E-state index contributed by atoms with van der Waals surface area (Å²) in [5, 5.41) is 12.7. The summed E-state index contributed by atoms with van der Waals surface area (Å²) in [5.74, 6) is -1.20. The molecule has 0 unspecified atom stereocenters. The van der Waals surface area contributed by atoms with E-state index < -0.39 is 42.2 Å². The monoisotopic (exact) mass is 538 g/mol. The molecule has 2 amide bonds. The Morgan fingerprint density at radius 2 is 1.97 bits per heavy atom. The van der Waals surface area contributed by atoms with E-state index in [2.05, 4.69) is 15.3 Å². The highest BCUT2D eigenvalue weighted by Gasteiger charge is 2.37. The Morgan fingerprint density at radius 1 is 1.22 bits per heavy atom. The summed E-state index contributed by atoms with van der Waals surface area (Å²) in [6, 6.07) is 7.49. The van der Waals surface area contributed by atoms with Crippen molar-refractivity contribution in [3.63, 3.8) is 0 Å². The zero-order valence-electron chi connectivity index (χ0n) is 18.7. The van der Waals surface area contributed by atoms with Gasteiger partial charge in [0.2, 0.25) is 11.2 Å². The number of nitrogens with zero attached hydrogens (tertiary/aromatic N) is 3. The highest BCUT2D eigenvalue weighted by Crippen LogP contribution is 2.33. The molecule has 0 aliphatic carbocycles. The van der Waals surface area contributed by atoms with Crippen molar-refractivity contribution in [1.29, 1.82) is 0 Å². The molecule has 4 rings (SSSR count). The molecular formula is C24H19Cl2F3N4O3. The molecular weight excluding hydrogens is 520 g/mol. The van der Waals surface area contributed by atoms with Crippen molar-refractivity contribution in [3.8, 4) is 11.3 Å². The predicted molar refractivity (Wildman–Crippen MR) is 126 cm³/mol. The van der Waals surface area contributed by atoms with Gasteiger partial charge >= 0.3 is 6.18 Å². The number of hydrogen-bond acceptors (Lipinski definition) is 5. The Bertz CT molecular complexity index is 1340. The van der Waals surface area contributed by atoms with Crippen LogP contribution < -0.4 is 5.32 Å². The molecule has 1 aliphatic heterocycles. The molecule has 2 heterocycles. The third-order valence-corrected chi connectivity index (χ3v) is 6.31. The fraction of sp³-hybridized carbons (Fsp3) is 0.250. The minimum absolute atomic E-state index is 0.0187. The van der Waals surface area contributed by atoms with Gasteiger partial charge in [-0.1, -0.05) is 35.9 Å². The van der Waals surface area contributed by atoms with Gasteiger partial charge in [-0.2, -0.15) is 13.2 Å².